The molecule has 2 atom stereocenters. The van der Waals surface area contributed by atoms with E-state index in [2.05, 4.69) is 11.4 Å². The van der Waals surface area contributed by atoms with Crippen molar-refractivity contribution in [1.82, 2.24) is 5.32 Å². The first kappa shape index (κ1) is 14.2. The van der Waals surface area contributed by atoms with E-state index >= 15 is 0 Å². The summed E-state index contributed by atoms with van der Waals surface area (Å²) >= 11 is 1.71. The first-order chi connectivity index (χ1) is 9.08. The highest BCUT2D eigenvalue weighted by Gasteiger charge is 2.16. The molecule has 0 saturated carbocycles. The van der Waals surface area contributed by atoms with Crippen LogP contribution in [0.4, 0.5) is 8.78 Å². The van der Waals surface area contributed by atoms with Crippen LogP contribution in [0, 0.1) is 11.6 Å². The first-order valence-electron chi connectivity index (χ1n) is 6.30. The zero-order valence-corrected chi connectivity index (χ0v) is 11.8. The van der Waals surface area contributed by atoms with Crippen LogP contribution in [0.25, 0.3) is 0 Å². The lowest BCUT2D eigenvalue weighted by atomic mass is 10.1. The molecule has 1 aromatic heterocycles. The minimum Gasteiger partial charge on any atom is -0.307 e. The highest BCUT2D eigenvalue weighted by atomic mass is 32.1. The third-order valence-electron chi connectivity index (χ3n) is 3.07. The van der Waals surface area contributed by atoms with Gasteiger partial charge in [0.1, 0.15) is 0 Å². The summed E-state index contributed by atoms with van der Waals surface area (Å²) in [5.41, 5.74) is 0.373. The molecule has 1 heterocycles. The number of nitrogens with one attached hydrogen (secondary N) is 1. The van der Waals surface area contributed by atoms with E-state index in [0.29, 0.717) is 5.56 Å². The zero-order valence-electron chi connectivity index (χ0n) is 11.0. The fourth-order valence-electron chi connectivity index (χ4n) is 2.16. The van der Waals surface area contributed by atoms with Crippen LogP contribution in [-0.4, -0.2) is 6.04 Å². The van der Waals surface area contributed by atoms with Gasteiger partial charge in [-0.05, 0) is 37.8 Å². The van der Waals surface area contributed by atoms with Crippen LogP contribution in [0.5, 0.6) is 0 Å². The van der Waals surface area contributed by atoms with Crippen molar-refractivity contribution in [2.24, 2.45) is 0 Å². The highest BCUT2D eigenvalue weighted by Crippen LogP contribution is 2.20. The Bertz CT molecular complexity index is 525. The predicted octanol–water partition coefficient (Wildman–Crippen LogP) is 4.31. The number of hydrogen-bond donors (Lipinski definition) is 1. The molecule has 0 radical (unpaired) electrons. The molecule has 0 amide bonds. The summed E-state index contributed by atoms with van der Waals surface area (Å²) in [5, 5.41) is 5.34. The SMILES string of the molecule is CC(Cc1cccs1)NC(C)c1cccc(F)c1F. The molecule has 1 aromatic carbocycles. The maximum Gasteiger partial charge on any atom is 0.163 e. The molecule has 0 bridgehead atoms. The summed E-state index contributed by atoms with van der Waals surface area (Å²) in [4.78, 5) is 1.28. The van der Waals surface area contributed by atoms with E-state index in [1.54, 1.807) is 17.4 Å². The van der Waals surface area contributed by atoms with Crippen LogP contribution in [0.3, 0.4) is 0 Å². The molecule has 0 fully saturated rings. The van der Waals surface area contributed by atoms with Crippen LogP contribution in [0.1, 0.15) is 30.3 Å². The van der Waals surface area contributed by atoms with Crippen molar-refractivity contribution in [1.29, 1.82) is 0 Å². The lowest BCUT2D eigenvalue weighted by Gasteiger charge is -2.20. The third-order valence-corrected chi connectivity index (χ3v) is 3.97. The fraction of sp³-hybridized carbons (Fsp3) is 0.333. The summed E-state index contributed by atoms with van der Waals surface area (Å²) in [5.74, 6) is -1.55. The first-order valence-corrected chi connectivity index (χ1v) is 7.18. The Morgan fingerprint density at radius 1 is 1.16 bits per heavy atom. The molecule has 4 heteroatoms. The van der Waals surface area contributed by atoms with Gasteiger partial charge in [-0.25, -0.2) is 8.78 Å². The van der Waals surface area contributed by atoms with E-state index in [0.717, 1.165) is 12.5 Å². The van der Waals surface area contributed by atoms with Gasteiger partial charge in [0.05, 0.1) is 0 Å². The molecule has 2 unspecified atom stereocenters. The molecule has 2 rings (SSSR count). The standard InChI is InChI=1S/C15H17F2NS/c1-10(9-12-5-4-8-19-12)18-11(2)13-6-3-7-14(16)15(13)17/h3-8,10-11,18H,9H2,1-2H3. The van der Waals surface area contributed by atoms with E-state index in [1.807, 2.05) is 25.3 Å². The third kappa shape index (κ3) is 3.61. The minimum atomic E-state index is -0.794. The van der Waals surface area contributed by atoms with E-state index in [-0.39, 0.29) is 12.1 Å². The van der Waals surface area contributed by atoms with Crippen LogP contribution in [-0.2, 0) is 6.42 Å². The summed E-state index contributed by atoms with van der Waals surface area (Å²) < 4.78 is 26.8. The fourth-order valence-corrected chi connectivity index (χ4v) is 3.00. The molecule has 0 aliphatic heterocycles. The molecule has 19 heavy (non-hydrogen) atoms. The summed E-state index contributed by atoms with van der Waals surface area (Å²) in [7, 11) is 0. The van der Waals surface area contributed by atoms with Gasteiger partial charge in [0.15, 0.2) is 11.6 Å². The maximum atomic E-state index is 13.7. The molecule has 1 N–H and O–H groups in total. The molecule has 102 valence electrons. The minimum absolute atomic E-state index is 0.205. The molecule has 0 aliphatic carbocycles. The molecule has 2 aromatic rings. The van der Waals surface area contributed by atoms with Gasteiger partial charge in [0.2, 0.25) is 0 Å². The van der Waals surface area contributed by atoms with E-state index in [4.69, 9.17) is 0 Å². The summed E-state index contributed by atoms with van der Waals surface area (Å²) in [6, 6.07) is 8.38. The smallest absolute Gasteiger partial charge is 0.163 e. The quantitative estimate of drug-likeness (QED) is 0.861. The molecule has 0 spiro atoms. The Morgan fingerprint density at radius 3 is 2.63 bits per heavy atom. The molecular weight excluding hydrogens is 264 g/mol. The second-order valence-electron chi connectivity index (χ2n) is 4.72. The van der Waals surface area contributed by atoms with Gasteiger partial charge in [-0.1, -0.05) is 18.2 Å². The average Bonchev–Trinajstić information content (AvgIpc) is 2.85. The largest absolute Gasteiger partial charge is 0.307 e. The zero-order chi connectivity index (χ0) is 13.8. The molecular formula is C15H17F2NS. The van der Waals surface area contributed by atoms with Gasteiger partial charge in [-0.15, -0.1) is 11.3 Å². The van der Waals surface area contributed by atoms with Crippen molar-refractivity contribution in [3.8, 4) is 0 Å². The Labute approximate surface area is 116 Å². The van der Waals surface area contributed by atoms with Crippen LogP contribution in [0.2, 0.25) is 0 Å². The van der Waals surface area contributed by atoms with Gasteiger partial charge in [0.25, 0.3) is 0 Å². The monoisotopic (exact) mass is 281 g/mol. The Kier molecular flexibility index (Phi) is 4.66. The van der Waals surface area contributed by atoms with Gasteiger partial charge < -0.3 is 5.32 Å². The topological polar surface area (TPSA) is 12.0 Å². The summed E-state index contributed by atoms with van der Waals surface area (Å²) in [6.45, 7) is 3.90. The predicted molar refractivity (Wildman–Crippen MR) is 75.4 cm³/mol. The lowest BCUT2D eigenvalue weighted by Crippen LogP contribution is -2.31. The highest BCUT2D eigenvalue weighted by molar-refractivity contribution is 7.09. The van der Waals surface area contributed by atoms with Gasteiger partial charge in [-0.3, -0.25) is 0 Å². The Balaban J connectivity index is 2.00. The second-order valence-corrected chi connectivity index (χ2v) is 5.75. The molecule has 0 saturated heterocycles. The van der Waals surface area contributed by atoms with Crippen molar-refractivity contribution < 1.29 is 8.78 Å². The van der Waals surface area contributed by atoms with Crippen molar-refractivity contribution in [2.75, 3.05) is 0 Å². The maximum absolute atomic E-state index is 13.7. The Hall–Kier alpha value is -1.26. The second kappa shape index (κ2) is 6.26. The number of rotatable bonds is 5. The average molecular weight is 281 g/mol. The van der Waals surface area contributed by atoms with Crippen molar-refractivity contribution in [3.05, 3.63) is 57.8 Å². The van der Waals surface area contributed by atoms with Gasteiger partial charge >= 0.3 is 0 Å². The molecule has 1 nitrogen and oxygen atoms in total. The van der Waals surface area contributed by atoms with Crippen LogP contribution < -0.4 is 5.32 Å². The normalized spacial score (nSPS) is 14.3. The number of hydrogen-bond acceptors (Lipinski definition) is 2. The summed E-state index contributed by atoms with van der Waals surface area (Å²) in [6.07, 6.45) is 0.888. The lowest BCUT2D eigenvalue weighted by molar-refractivity contribution is 0.442. The van der Waals surface area contributed by atoms with Gasteiger partial charge in [-0.2, -0.15) is 0 Å². The van der Waals surface area contributed by atoms with Gasteiger partial charge in [0, 0.05) is 22.5 Å². The Morgan fingerprint density at radius 2 is 1.95 bits per heavy atom. The van der Waals surface area contributed by atoms with Crippen molar-refractivity contribution in [3.63, 3.8) is 0 Å². The van der Waals surface area contributed by atoms with Crippen molar-refractivity contribution in [2.45, 2.75) is 32.4 Å². The van der Waals surface area contributed by atoms with E-state index in [9.17, 15) is 8.78 Å². The van der Waals surface area contributed by atoms with Crippen LogP contribution >= 0.6 is 11.3 Å². The van der Waals surface area contributed by atoms with Crippen molar-refractivity contribution >= 4 is 11.3 Å². The number of thiophene rings is 1. The van der Waals surface area contributed by atoms with E-state index < -0.39 is 11.6 Å². The van der Waals surface area contributed by atoms with E-state index in [1.165, 1.54) is 10.9 Å². The number of halogens is 2. The number of benzene rings is 1. The van der Waals surface area contributed by atoms with Crippen LogP contribution in [0.15, 0.2) is 35.7 Å². The molecule has 0 aliphatic rings.